The first-order valence-corrected chi connectivity index (χ1v) is 11.4. The standard InChI is InChI=1S/C30H40N/c1-21-18-23(30(8,9)22-14-12-11-13-15-22)16-17-24(21)27-19-25(28(2,3)4)26(20-31(27)10)29(5,6)7/h11-20H,1-10H3/q+1. The first-order valence-electron chi connectivity index (χ1n) is 11.4. The van der Waals surface area contributed by atoms with Gasteiger partial charge in [0.2, 0.25) is 5.69 Å². The van der Waals surface area contributed by atoms with Gasteiger partial charge < -0.3 is 0 Å². The van der Waals surface area contributed by atoms with Crippen LogP contribution < -0.4 is 4.57 Å². The summed E-state index contributed by atoms with van der Waals surface area (Å²) in [5, 5.41) is 0. The van der Waals surface area contributed by atoms with Crippen LogP contribution in [-0.2, 0) is 23.3 Å². The van der Waals surface area contributed by atoms with Crippen molar-refractivity contribution < 1.29 is 4.57 Å². The second-order valence-corrected chi connectivity index (χ2v) is 11.6. The highest BCUT2D eigenvalue weighted by atomic mass is 14.9. The number of rotatable bonds is 3. The maximum Gasteiger partial charge on any atom is 0.212 e. The van der Waals surface area contributed by atoms with Crippen LogP contribution in [0.5, 0.6) is 0 Å². The molecule has 0 aliphatic rings. The third-order valence-electron chi connectivity index (χ3n) is 6.61. The maximum atomic E-state index is 2.42. The Morgan fingerprint density at radius 1 is 0.645 bits per heavy atom. The molecule has 2 aromatic carbocycles. The van der Waals surface area contributed by atoms with Gasteiger partial charge in [0.1, 0.15) is 7.05 Å². The summed E-state index contributed by atoms with van der Waals surface area (Å²) in [6.07, 6.45) is 2.34. The molecular weight excluding hydrogens is 374 g/mol. The molecule has 1 aromatic heterocycles. The molecule has 0 aliphatic heterocycles. The summed E-state index contributed by atoms with van der Waals surface area (Å²) in [5.41, 5.74) is 9.63. The van der Waals surface area contributed by atoms with E-state index in [0.717, 1.165) is 0 Å². The average Bonchev–Trinajstić information content (AvgIpc) is 2.67. The minimum Gasteiger partial charge on any atom is -0.201 e. The van der Waals surface area contributed by atoms with Crippen LogP contribution in [0.4, 0.5) is 0 Å². The molecule has 3 aromatic rings. The Labute approximate surface area is 190 Å². The fraction of sp³-hybridized carbons (Fsp3) is 0.433. The van der Waals surface area contributed by atoms with Gasteiger partial charge in [0.05, 0.1) is 0 Å². The lowest BCUT2D eigenvalue weighted by molar-refractivity contribution is -0.661. The van der Waals surface area contributed by atoms with Crippen LogP contribution in [0.25, 0.3) is 11.3 Å². The van der Waals surface area contributed by atoms with Crippen LogP contribution in [0.1, 0.15) is 83.2 Å². The van der Waals surface area contributed by atoms with Gasteiger partial charge in [-0.25, -0.2) is 4.57 Å². The first kappa shape index (κ1) is 23.3. The van der Waals surface area contributed by atoms with Crippen LogP contribution in [0.3, 0.4) is 0 Å². The predicted octanol–water partition coefficient (Wildman–Crippen LogP) is 7.41. The van der Waals surface area contributed by atoms with Crippen molar-refractivity contribution in [2.24, 2.45) is 7.05 Å². The summed E-state index contributed by atoms with van der Waals surface area (Å²) in [4.78, 5) is 0. The van der Waals surface area contributed by atoms with E-state index in [1.54, 1.807) is 0 Å². The van der Waals surface area contributed by atoms with Gasteiger partial charge in [0.15, 0.2) is 6.20 Å². The van der Waals surface area contributed by atoms with Gasteiger partial charge in [-0.2, -0.15) is 0 Å². The van der Waals surface area contributed by atoms with Gasteiger partial charge in [0.25, 0.3) is 0 Å². The molecule has 0 spiro atoms. The van der Waals surface area contributed by atoms with Crippen molar-refractivity contribution in [1.29, 1.82) is 0 Å². The van der Waals surface area contributed by atoms with E-state index in [1.807, 2.05) is 0 Å². The quantitative estimate of drug-likeness (QED) is 0.393. The lowest BCUT2D eigenvalue weighted by atomic mass is 9.75. The molecule has 0 fully saturated rings. The van der Waals surface area contributed by atoms with Gasteiger partial charge in [-0.1, -0.05) is 97.9 Å². The molecule has 0 amide bonds. The van der Waals surface area contributed by atoms with E-state index in [4.69, 9.17) is 0 Å². The Hall–Kier alpha value is -2.41. The molecule has 0 saturated heterocycles. The van der Waals surface area contributed by atoms with Crippen molar-refractivity contribution in [3.8, 4) is 11.3 Å². The highest BCUT2D eigenvalue weighted by Crippen LogP contribution is 2.37. The zero-order valence-electron chi connectivity index (χ0n) is 21.2. The molecule has 1 heteroatoms. The summed E-state index contributed by atoms with van der Waals surface area (Å²) in [6, 6.07) is 20.2. The number of aryl methyl sites for hydroxylation is 2. The smallest absolute Gasteiger partial charge is 0.201 e. The van der Waals surface area contributed by atoms with Crippen molar-refractivity contribution >= 4 is 0 Å². The number of nitrogens with zero attached hydrogens (tertiary/aromatic N) is 1. The zero-order valence-corrected chi connectivity index (χ0v) is 21.2. The van der Waals surface area contributed by atoms with E-state index >= 15 is 0 Å². The first-order chi connectivity index (χ1) is 14.2. The molecule has 0 saturated carbocycles. The highest BCUT2D eigenvalue weighted by Gasteiger charge is 2.30. The van der Waals surface area contributed by atoms with Gasteiger partial charge in [-0.3, -0.25) is 0 Å². The summed E-state index contributed by atoms with van der Waals surface area (Å²) in [5.74, 6) is 0. The van der Waals surface area contributed by atoms with E-state index in [2.05, 4.69) is 135 Å². The molecule has 1 nitrogen and oxygen atoms in total. The van der Waals surface area contributed by atoms with Gasteiger partial charge in [0, 0.05) is 22.6 Å². The molecule has 0 radical (unpaired) electrons. The molecule has 0 atom stereocenters. The van der Waals surface area contributed by atoms with E-state index in [-0.39, 0.29) is 16.2 Å². The molecule has 0 N–H and O–H groups in total. The van der Waals surface area contributed by atoms with Crippen LogP contribution >= 0.6 is 0 Å². The topological polar surface area (TPSA) is 3.88 Å². The van der Waals surface area contributed by atoms with Crippen molar-refractivity contribution in [2.75, 3.05) is 0 Å². The molecular formula is C30H40N+. The fourth-order valence-electron chi connectivity index (χ4n) is 4.50. The van der Waals surface area contributed by atoms with Gasteiger partial charge >= 0.3 is 0 Å². The lowest BCUT2D eigenvalue weighted by Crippen LogP contribution is -2.36. The minimum atomic E-state index is -0.0284. The number of aromatic nitrogens is 1. The SMILES string of the molecule is Cc1cc(C(C)(C)c2ccccc2)ccc1-c1cc(C(C)(C)C)c(C(C)(C)C)c[n+]1C. The molecule has 164 valence electrons. The molecule has 31 heavy (non-hydrogen) atoms. The summed E-state index contributed by atoms with van der Waals surface area (Å²) < 4.78 is 2.31. The van der Waals surface area contributed by atoms with Gasteiger partial charge in [-0.15, -0.1) is 0 Å². The molecule has 0 unspecified atom stereocenters. The van der Waals surface area contributed by atoms with Crippen LogP contribution in [0.15, 0.2) is 60.8 Å². The van der Waals surface area contributed by atoms with Crippen LogP contribution in [0, 0.1) is 6.92 Å². The third-order valence-corrected chi connectivity index (χ3v) is 6.61. The normalized spacial score (nSPS) is 12.8. The summed E-state index contributed by atoms with van der Waals surface area (Å²) >= 11 is 0. The Balaban J connectivity index is 2.14. The molecule has 3 rings (SSSR count). The summed E-state index contributed by atoms with van der Waals surface area (Å²) in [6.45, 7) is 20.8. The number of hydrogen-bond acceptors (Lipinski definition) is 0. The second kappa shape index (κ2) is 7.93. The van der Waals surface area contributed by atoms with E-state index in [1.165, 1.54) is 39.1 Å². The summed E-state index contributed by atoms with van der Waals surface area (Å²) in [7, 11) is 2.18. The van der Waals surface area contributed by atoms with E-state index in [9.17, 15) is 0 Å². The number of benzene rings is 2. The molecule has 0 bridgehead atoms. The van der Waals surface area contributed by atoms with E-state index < -0.39 is 0 Å². The fourth-order valence-corrected chi connectivity index (χ4v) is 4.50. The van der Waals surface area contributed by atoms with Crippen molar-refractivity contribution in [3.05, 3.63) is 88.6 Å². The van der Waals surface area contributed by atoms with Crippen molar-refractivity contribution in [2.45, 2.75) is 78.6 Å². The average molecular weight is 415 g/mol. The number of pyridine rings is 1. The predicted molar refractivity (Wildman–Crippen MR) is 134 cm³/mol. The Kier molecular flexibility index (Phi) is 5.95. The Morgan fingerprint density at radius 2 is 1.23 bits per heavy atom. The monoisotopic (exact) mass is 414 g/mol. The highest BCUT2D eigenvalue weighted by molar-refractivity contribution is 5.64. The van der Waals surface area contributed by atoms with Gasteiger partial charge in [-0.05, 0) is 46.1 Å². The Bertz CT molecular complexity index is 1070. The van der Waals surface area contributed by atoms with Crippen molar-refractivity contribution in [1.82, 2.24) is 0 Å². The van der Waals surface area contributed by atoms with Crippen LogP contribution in [-0.4, -0.2) is 0 Å². The van der Waals surface area contributed by atoms with Crippen molar-refractivity contribution in [3.63, 3.8) is 0 Å². The molecule has 1 heterocycles. The number of hydrogen-bond donors (Lipinski definition) is 0. The maximum absolute atomic E-state index is 2.42. The minimum absolute atomic E-state index is 0.0284. The molecule has 0 aliphatic carbocycles. The second-order valence-electron chi connectivity index (χ2n) is 11.6. The third kappa shape index (κ3) is 4.61. The zero-order chi connectivity index (χ0) is 23.2. The lowest BCUT2D eigenvalue weighted by Gasteiger charge is -2.29. The largest absolute Gasteiger partial charge is 0.212 e. The van der Waals surface area contributed by atoms with E-state index in [0.29, 0.717) is 0 Å². The van der Waals surface area contributed by atoms with Crippen LogP contribution in [0.2, 0.25) is 0 Å². The Morgan fingerprint density at radius 3 is 1.74 bits per heavy atom.